The molecule has 1 aromatic carbocycles. The normalized spacial score (nSPS) is 20.9. The number of nitrogens with one attached hydrogen (secondary N) is 1. The molecule has 1 saturated heterocycles. The fourth-order valence-electron chi connectivity index (χ4n) is 4.68. The molecule has 2 fully saturated rings. The minimum Gasteiger partial charge on any atom is -0.368 e. The second-order valence-corrected chi connectivity index (χ2v) is 9.16. The maximum atomic E-state index is 13.8. The molecule has 2 aliphatic rings. The molecular weight excluding hydrogens is 400 g/mol. The highest BCUT2D eigenvalue weighted by Gasteiger charge is 2.33. The van der Waals surface area contributed by atoms with Crippen molar-refractivity contribution in [2.75, 3.05) is 18.4 Å². The summed E-state index contributed by atoms with van der Waals surface area (Å²) in [5.74, 6) is 2.02. The lowest BCUT2D eigenvalue weighted by Gasteiger charge is -2.40. The number of rotatable bonds is 6. The molecule has 2 aromatic heterocycles. The molecule has 166 valence electrons. The fourth-order valence-corrected chi connectivity index (χ4v) is 4.68. The molecule has 2 atom stereocenters. The molecule has 32 heavy (non-hydrogen) atoms. The van der Waals surface area contributed by atoms with E-state index in [0.29, 0.717) is 29.6 Å². The minimum absolute atomic E-state index is 0.0383. The number of hydrogen-bond donors (Lipinski definition) is 1. The number of aromatic nitrogens is 4. The lowest BCUT2D eigenvalue weighted by molar-refractivity contribution is 0.0539. The van der Waals surface area contributed by atoms with Crippen LogP contribution < -0.4 is 5.32 Å². The Morgan fingerprint density at radius 2 is 1.94 bits per heavy atom. The van der Waals surface area contributed by atoms with Gasteiger partial charge in [0, 0.05) is 19.3 Å². The first-order valence-electron chi connectivity index (χ1n) is 11.6. The van der Waals surface area contributed by atoms with E-state index in [1.54, 1.807) is 12.4 Å². The van der Waals surface area contributed by atoms with E-state index in [2.05, 4.69) is 39.6 Å². The first-order valence-corrected chi connectivity index (χ1v) is 11.6. The molecule has 3 heterocycles. The number of carbonyl (C=O) groups excluding carboxylic acids is 1. The fraction of sp³-hybridized carbons (Fsp3) is 0.440. The molecule has 1 aliphatic carbocycles. The Labute approximate surface area is 188 Å². The summed E-state index contributed by atoms with van der Waals surface area (Å²) < 4.78 is 0. The number of hydrogen-bond acceptors (Lipinski definition) is 5. The van der Waals surface area contributed by atoms with Crippen LogP contribution in [0.3, 0.4) is 0 Å². The SMILES string of the molecule is Cc1ccc(-n2nccn2)c(C(=O)N2CCC[C@@H](C)C2CNc2ccc(C3CC3)cn2)c1. The van der Waals surface area contributed by atoms with E-state index in [9.17, 15) is 4.79 Å². The summed E-state index contributed by atoms with van der Waals surface area (Å²) in [6, 6.07) is 10.2. The number of anilines is 1. The highest BCUT2D eigenvalue weighted by molar-refractivity contribution is 5.98. The summed E-state index contributed by atoms with van der Waals surface area (Å²) in [5, 5.41) is 12.0. The van der Waals surface area contributed by atoms with Crippen LogP contribution in [0.2, 0.25) is 0 Å². The molecule has 1 aliphatic heterocycles. The van der Waals surface area contributed by atoms with Gasteiger partial charge in [0.1, 0.15) is 5.82 Å². The number of benzene rings is 1. The van der Waals surface area contributed by atoms with Crippen molar-refractivity contribution in [2.24, 2.45) is 5.92 Å². The molecule has 0 spiro atoms. The van der Waals surface area contributed by atoms with Crippen molar-refractivity contribution in [3.63, 3.8) is 0 Å². The van der Waals surface area contributed by atoms with Gasteiger partial charge < -0.3 is 10.2 Å². The van der Waals surface area contributed by atoms with Crippen molar-refractivity contribution >= 4 is 11.7 Å². The third kappa shape index (κ3) is 4.24. The summed E-state index contributed by atoms with van der Waals surface area (Å²) in [5.41, 5.74) is 3.74. The maximum absolute atomic E-state index is 13.8. The van der Waals surface area contributed by atoms with Crippen molar-refractivity contribution in [1.29, 1.82) is 0 Å². The first-order chi connectivity index (χ1) is 15.6. The van der Waals surface area contributed by atoms with Crippen molar-refractivity contribution in [2.45, 2.75) is 51.5 Å². The van der Waals surface area contributed by atoms with Gasteiger partial charge in [-0.1, -0.05) is 24.6 Å². The summed E-state index contributed by atoms with van der Waals surface area (Å²) in [6.07, 6.45) is 9.94. The zero-order valence-corrected chi connectivity index (χ0v) is 18.7. The topological polar surface area (TPSA) is 75.9 Å². The van der Waals surface area contributed by atoms with E-state index in [0.717, 1.165) is 30.8 Å². The van der Waals surface area contributed by atoms with Crippen LogP contribution in [0.15, 0.2) is 48.9 Å². The monoisotopic (exact) mass is 430 g/mol. The number of aryl methyl sites for hydroxylation is 1. The number of amides is 1. The van der Waals surface area contributed by atoms with Gasteiger partial charge in [-0.25, -0.2) is 4.98 Å². The highest BCUT2D eigenvalue weighted by Crippen LogP contribution is 2.39. The van der Waals surface area contributed by atoms with Crippen LogP contribution in [-0.4, -0.2) is 49.9 Å². The Bertz CT molecular complexity index is 1070. The Kier molecular flexibility index (Phi) is 5.64. The van der Waals surface area contributed by atoms with Gasteiger partial charge in [0.15, 0.2) is 0 Å². The molecule has 7 heteroatoms. The Morgan fingerprint density at radius 3 is 2.66 bits per heavy atom. The number of nitrogens with zero attached hydrogens (tertiary/aromatic N) is 5. The van der Waals surface area contributed by atoms with E-state index >= 15 is 0 Å². The Balaban J connectivity index is 1.36. The predicted octanol–water partition coefficient (Wildman–Crippen LogP) is 4.20. The number of likely N-dealkylation sites (tertiary alicyclic amines) is 1. The van der Waals surface area contributed by atoms with E-state index in [1.165, 1.54) is 23.2 Å². The van der Waals surface area contributed by atoms with Crippen LogP contribution >= 0.6 is 0 Å². The van der Waals surface area contributed by atoms with Crippen LogP contribution in [0, 0.1) is 12.8 Å². The Hall–Kier alpha value is -3.22. The van der Waals surface area contributed by atoms with Crippen LogP contribution in [0.4, 0.5) is 5.82 Å². The zero-order valence-electron chi connectivity index (χ0n) is 18.7. The second kappa shape index (κ2) is 8.73. The Morgan fingerprint density at radius 1 is 1.12 bits per heavy atom. The lowest BCUT2D eigenvalue weighted by Crippen LogP contribution is -2.51. The molecule has 3 aromatic rings. The predicted molar refractivity (Wildman–Crippen MR) is 124 cm³/mol. The maximum Gasteiger partial charge on any atom is 0.256 e. The average Bonchev–Trinajstić information content (AvgIpc) is 3.52. The van der Waals surface area contributed by atoms with Crippen molar-refractivity contribution in [3.8, 4) is 5.69 Å². The van der Waals surface area contributed by atoms with Gasteiger partial charge in [-0.15, -0.1) is 0 Å². The largest absolute Gasteiger partial charge is 0.368 e. The third-order valence-electron chi connectivity index (χ3n) is 6.72. The van der Waals surface area contributed by atoms with Crippen LogP contribution in [0.1, 0.15) is 60.0 Å². The number of pyridine rings is 1. The summed E-state index contributed by atoms with van der Waals surface area (Å²) in [4.78, 5) is 21.9. The van der Waals surface area contributed by atoms with Crippen LogP contribution in [-0.2, 0) is 0 Å². The average molecular weight is 431 g/mol. The molecule has 1 unspecified atom stereocenters. The molecule has 5 rings (SSSR count). The van der Waals surface area contributed by atoms with Crippen molar-refractivity contribution < 1.29 is 4.79 Å². The quantitative estimate of drug-likeness (QED) is 0.634. The molecular formula is C25H30N6O. The standard InChI is InChI=1S/C25H30N6O/c1-17-5-9-22(31-28-11-12-29-31)21(14-17)25(32)30-13-3-4-18(2)23(30)16-27-24-10-8-20(15-26-24)19-6-7-19/h5,8-12,14-15,18-19,23H,3-4,6-7,13,16H2,1-2H3,(H,26,27)/t18-,23?/m1/s1. The lowest BCUT2D eigenvalue weighted by atomic mass is 9.89. The van der Waals surface area contributed by atoms with Crippen molar-refractivity contribution in [3.05, 3.63) is 65.6 Å². The minimum atomic E-state index is 0.0383. The number of carbonyl (C=O) groups is 1. The van der Waals surface area contributed by atoms with Crippen LogP contribution in [0.25, 0.3) is 5.69 Å². The smallest absolute Gasteiger partial charge is 0.256 e. The van der Waals surface area contributed by atoms with E-state index in [-0.39, 0.29) is 11.9 Å². The van der Waals surface area contributed by atoms with Gasteiger partial charge in [-0.2, -0.15) is 15.0 Å². The van der Waals surface area contributed by atoms with Gasteiger partial charge >= 0.3 is 0 Å². The molecule has 1 saturated carbocycles. The summed E-state index contributed by atoms with van der Waals surface area (Å²) in [6.45, 7) is 5.68. The van der Waals surface area contributed by atoms with Gasteiger partial charge in [0.2, 0.25) is 0 Å². The second-order valence-electron chi connectivity index (χ2n) is 9.16. The van der Waals surface area contributed by atoms with E-state index < -0.39 is 0 Å². The van der Waals surface area contributed by atoms with Gasteiger partial charge in [-0.3, -0.25) is 4.79 Å². The number of piperidine rings is 1. The summed E-state index contributed by atoms with van der Waals surface area (Å²) >= 11 is 0. The van der Waals surface area contributed by atoms with Crippen molar-refractivity contribution in [1.82, 2.24) is 24.9 Å². The van der Waals surface area contributed by atoms with Gasteiger partial charge in [-0.05, 0) is 68.2 Å². The van der Waals surface area contributed by atoms with E-state index in [4.69, 9.17) is 0 Å². The first kappa shape index (κ1) is 20.7. The molecule has 1 amide bonds. The molecule has 0 bridgehead atoms. The zero-order chi connectivity index (χ0) is 22.1. The van der Waals surface area contributed by atoms with Gasteiger partial charge in [0.05, 0.1) is 29.7 Å². The third-order valence-corrected chi connectivity index (χ3v) is 6.72. The molecule has 7 nitrogen and oxygen atoms in total. The molecule has 0 radical (unpaired) electrons. The van der Waals surface area contributed by atoms with Gasteiger partial charge in [0.25, 0.3) is 5.91 Å². The van der Waals surface area contributed by atoms with Crippen LogP contribution in [0.5, 0.6) is 0 Å². The summed E-state index contributed by atoms with van der Waals surface area (Å²) in [7, 11) is 0. The highest BCUT2D eigenvalue weighted by atomic mass is 16.2. The molecule has 1 N–H and O–H groups in total. The van der Waals surface area contributed by atoms with E-state index in [1.807, 2.05) is 36.2 Å².